The van der Waals surface area contributed by atoms with Gasteiger partial charge in [-0.3, -0.25) is 9.69 Å². The number of nitrogens with zero attached hydrogens (tertiary/aromatic N) is 1. The molecule has 0 aromatic heterocycles. The minimum absolute atomic E-state index is 0.131. The molecule has 1 aliphatic rings. The van der Waals surface area contributed by atoms with Crippen LogP contribution in [0.4, 0.5) is 15.8 Å². The molecule has 5 heteroatoms. The Hall–Kier alpha value is -2.85. The van der Waals surface area contributed by atoms with E-state index in [9.17, 15) is 9.18 Å². The van der Waals surface area contributed by atoms with Crippen molar-refractivity contribution in [2.75, 3.05) is 10.2 Å². The summed E-state index contributed by atoms with van der Waals surface area (Å²) in [6.45, 7) is 1.91. The van der Waals surface area contributed by atoms with Crippen molar-refractivity contribution in [2.24, 2.45) is 0 Å². The van der Waals surface area contributed by atoms with Crippen LogP contribution in [0.2, 0.25) is 5.02 Å². The molecule has 26 heavy (non-hydrogen) atoms. The van der Waals surface area contributed by atoms with E-state index in [2.05, 4.69) is 5.32 Å². The summed E-state index contributed by atoms with van der Waals surface area (Å²) < 4.78 is 13.4. The van der Waals surface area contributed by atoms with Gasteiger partial charge in [-0.1, -0.05) is 41.9 Å². The highest BCUT2D eigenvalue weighted by Gasteiger charge is 2.34. The molecule has 4 rings (SSSR count). The Bertz CT molecular complexity index is 988. The number of carbonyl (C=O) groups is 1. The van der Waals surface area contributed by atoms with Crippen LogP contribution in [0.15, 0.2) is 66.7 Å². The lowest BCUT2D eigenvalue weighted by atomic mass is 10.0. The predicted molar refractivity (Wildman–Crippen MR) is 102 cm³/mol. The summed E-state index contributed by atoms with van der Waals surface area (Å²) in [6, 6.07) is 19.0. The summed E-state index contributed by atoms with van der Waals surface area (Å²) in [6.07, 6.45) is -0.461. The molecule has 1 amide bonds. The number of nitrogens with one attached hydrogen (secondary N) is 1. The number of hydrogen-bond acceptors (Lipinski definition) is 2. The van der Waals surface area contributed by atoms with Crippen LogP contribution in [-0.2, 0) is 0 Å². The Morgan fingerprint density at radius 3 is 2.50 bits per heavy atom. The van der Waals surface area contributed by atoms with Crippen LogP contribution in [0.3, 0.4) is 0 Å². The first-order valence-corrected chi connectivity index (χ1v) is 8.63. The second kappa shape index (κ2) is 6.46. The number of halogens is 2. The number of hydrogen-bond donors (Lipinski definition) is 1. The highest BCUT2D eigenvalue weighted by Crippen LogP contribution is 2.37. The highest BCUT2D eigenvalue weighted by molar-refractivity contribution is 6.31. The van der Waals surface area contributed by atoms with Gasteiger partial charge in [-0.15, -0.1) is 0 Å². The maximum Gasteiger partial charge on any atom is 0.262 e. The van der Waals surface area contributed by atoms with Crippen molar-refractivity contribution in [2.45, 2.75) is 13.1 Å². The molecular weight excluding hydrogens is 351 g/mol. The molecule has 1 aliphatic heterocycles. The van der Waals surface area contributed by atoms with E-state index in [1.807, 2.05) is 37.3 Å². The zero-order chi connectivity index (χ0) is 18.3. The molecule has 0 unspecified atom stereocenters. The van der Waals surface area contributed by atoms with E-state index in [1.54, 1.807) is 29.2 Å². The van der Waals surface area contributed by atoms with Gasteiger partial charge >= 0.3 is 0 Å². The normalized spacial score (nSPS) is 16.2. The molecule has 0 spiro atoms. The average molecular weight is 367 g/mol. The lowest BCUT2D eigenvalue weighted by Gasteiger charge is -2.38. The van der Waals surface area contributed by atoms with E-state index in [0.29, 0.717) is 16.3 Å². The molecule has 0 bridgehead atoms. The second-order valence-corrected chi connectivity index (χ2v) is 6.66. The fourth-order valence-electron chi connectivity index (χ4n) is 3.13. The molecule has 3 aromatic rings. The van der Waals surface area contributed by atoms with Gasteiger partial charge < -0.3 is 5.32 Å². The Balaban J connectivity index is 1.87. The van der Waals surface area contributed by atoms with Gasteiger partial charge in [-0.2, -0.15) is 0 Å². The molecule has 0 radical (unpaired) electrons. The molecule has 130 valence electrons. The van der Waals surface area contributed by atoms with Crippen LogP contribution in [0.1, 0.15) is 27.7 Å². The third-order valence-corrected chi connectivity index (χ3v) is 4.95. The molecule has 0 saturated carbocycles. The predicted octanol–water partition coefficient (Wildman–Crippen LogP) is 5.56. The van der Waals surface area contributed by atoms with Gasteiger partial charge in [0.15, 0.2) is 0 Å². The zero-order valence-electron chi connectivity index (χ0n) is 14.0. The smallest absolute Gasteiger partial charge is 0.262 e. The first-order chi connectivity index (χ1) is 12.5. The number of carbonyl (C=O) groups excluding carboxylic acids is 1. The fourth-order valence-corrected chi connectivity index (χ4v) is 3.30. The fraction of sp³-hybridized carbons (Fsp3) is 0.0952. The lowest BCUT2D eigenvalue weighted by molar-refractivity contribution is 0.0975. The quantitative estimate of drug-likeness (QED) is 0.644. The van der Waals surface area contributed by atoms with E-state index in [0.717, 1.165) is 16.8 Å². The number of anilines is 2. The molecule has 1 N–H and O–H groups in total. The third-order valence-electron chi connectivity index (χ3n) is 4.55. The van der Waals surface area contributed by atoms with Crippen molar-refractivity contribution in [3.05, 3.63) is 94.3 Å². The van der Waals surface area contributed by atoms with Gasteiger partial charge in [0.25, 0.3) is 5.91 Å². The van der Waals surface area contributed by atoms with Crippen LogP contribution in [0.25, 0.3) is 0 Å². The molecular formula is C21H16ClFN2O. The number of fused-ring (bicyclic) bond motifs is 1. The van der Waals surface area contributed by atoms with Crippen molar-refractivity contribution < 1.29 is 9.18 Å². The monoisotopic (exact) mass is 366 g/mol. The summed E-state index contributed by atoms with van der Waals surface area (Å²) in [4.78, 5) is 14.9. The van der Waals surface area contributed by atoms with Gasteiger partial charge in [0.05, 0.1) is 5.56 Å². The van der Waals surface area contributed by atoms with Crippen molar-refractivity contribution in [3.8, 4) is 0 Å². The molecule has 1 heterocycles. The van der Waals surface area contributed by atoms with Gasteiger partial charge in [-0.05, 0) is 54.4 Å². The SMILES string of the molecule is Cc1ccc(N2C(=O)c3ccccc3N[C@@H]2c2ccc(F)cc2)cc1Cl. The van der Waals surface area contributed by atoms with Gasteiger partial charge in [-0.25, -0.2) is 4.39 Å². The number of amides is 1. The number of para-hydroxylation sites is 1. The Kier molecular flexibility index (Phi) is 4.13. The number of rotatable bonds is 2. The number of benzene rings is 3. The Morgan fingerprint density at radius 2 is 1.77 bits per heavy atom. The van der Waals surface area contributed by atoms with Crippen molar-refractivity contribution in [3.63, 3.8) is 0 Å². The van der Waals surface area contributed by atoms with Gasteiger partial charge in [0, 0.05) is 16.4 Å². The minimum Gasteiger partial charge on any atom is -0.360 e. The van der Waals surface area contributed by atoms with Crippen LogP contribution >= 0.6 is 11.6 Å². The van der Waals surface area contributed by atoms with E-state index >= 15 is 0 Å². The first-order valence-electron chi connectivity index (χ1n) is 8.25. The van der Waals surface area contributed by atoms with Crippen LogP contribution in [0, 0.1) is 12.7 Å². The van der Waals surface area contributed by atoms with Crippen molar-refractivity contribution in [1.29, 1.82) is 0 Å². The molecule has 0 aliphatic carbocycles. The van der Waals surface area contributed by atoms with E-state index in [-0.39, 0.29) is 11.7 Å². The molecule has 1 atom stereocenters. The van der Waals surface area contributed by atoms with E-state index < -0.39 is 6.17 Å². The molecule has 3 nitrogen and oxygen atoms in total. The van der Waals surface area contributed by atoms with Gasteiger partial charge in [0.2, 0.25) is 0 Å². The summed E-state index contributed by atoms with van der Waals surface area (Å²) >= 11 is 6.29. The average Bonchev–Trinajstić information content (AvgIpc) is 2.65. The Labute approximate surface area is 156 Å². The van der Waals surface area contributed by atoms with Crippen LogP contribution < -0.4 is 10.2 Å². The van der Waals surface area contributed by atoms with Crippen molar-refractivity contribution >= 4 is 28.9 Å². The number of aryl methyl sites for hydroxylation is 1. The van der Waals surface area contributed by atoms with E-state index in [1.165, 1.54) is 12.1 Å². The molecule has 3 aromatic carbocycles. The Morgan fingerprint density at radius 1 is 1.04 bits per heavy atom. The highest BCUT2D eigenvalue weighted by atomic mass is 35.5. The van der Waals surface area contributed by atoms with Crippen LogP contribution in [0.5, 0.6) is 0 Å². The summed E-state index contributed by atoms with van der Waals surface area (Å²) in [5.41, 5.74) is 3.74. The maximum absolute atomic E-state index is 13.4. The topological polar surface area (TPSA) is 32.3 Å². The van der Waals surface area contributed by atoms with Gasteiger partial charge in [0.1, 0.15) is 12.0 Å². The van der Waals surface area contributed by atoms with Crippen LogP contribution in [-0.4, -0.2) is 5.91 Å². The molecule has 0 fully saturated rings. The van der Waals surface area contributed by atoms with E-state index in [4.69, 9.17) is 11.6 Å². The largest absolute Gasteiger partial charge is 0.360 e. The first kappa shape index (κ1) is 16.6. The lowest BCUT2D eigenvalue weighted by Crippen LogP contribution is -2.43. The summed E-state index contributed by atoms with van der Waals surface area (Å²) in [5.74, 6) is -0.449. The van der Waals surface area contributed by atoms with Crippen molar-refractivity contribution in [1.82, 2.24) is 0 Å². The maximum atomic E-state index is 13.4. The third kappa shape index (κ3) is 2.82. The zero-order valence-corrected chi connectivity index (χ0v) is 14.8. The molecule has 0 saturated heterocycles. The summed E-state index contributed by atoms with van der Waals surface area (Å²) in [7, 11) is 0. The standard InChI is InChI=1S/C21H16ClFN2O/c1-13-6-11-16(12-18(13)22)25-20(14-7-9-15(23)10-8-14)24-19-5-3-2-4-17(19)21(25)26/h2-12,20,24H,1H3/t20-/m0/s1. The second-order valence-electron chi connectivity index (χ2n) is 6.25. The summed E-state index contributed by atoms with van der Waals surface area (Å²) in [5, 5.41) is 3.98. The minimum atomic E-state index is -0.461.